The van der Waals surface area contributed by atoms with E-state index in [0.717, 1.165) is 12.2 Å². The standard InChI is InChI=1S/C13H21NOS2/c1-9(8-16-4)13(15)14-10(2)7-12-6-5-11(3)17-12/h5-6,9-10H,7-8H2,1-4H3,(H,14,15). The number of aryl methyl sites for hydroxylation is 1. The Morgan fingerprint density at radius 3 is 2.71 bits per heavy atom. The molecule has 0 aromatic carbocycles. The van der Waals surface area contributed by atoms with E-state index in [1.807, 2.05) is 13.2 Å². The first-order chi connectivity index (χ1) is 8.02. The molecule has 4 heteroatoms. The average Bonchev–Trinajstić information content (AvgIpc) is 2.64. The molecule has 1 N–H and O–H groups in total. The van der Waals surface area contributed by atoms with Crippen LogP contribution >= 0.6 is 23.1 Å². The predicted molar refractivity (Wildman–Crippen MR) is 77.9 cm³/mol. The summed E-state index contributed by atoms with van der Waals surface area (Å²) in [7, 11) is 0. The number of thiophene rings is 1. The molecule has 1 heterocycles. The second-order valence-corrected chi connectivity index (χ2v) is 6.77. The molecule has 0 aliphatic rings. The number of thioether (sulfide) groups is 1. The van der Waals surface area contributed by atoms with Gasteiger partial charge in [-0.1, -0.05) is 6.92 Å². The highest BCUT2D eigenvalue weighted by Gasteiger charge is 2.15. The molecule has 1 rings (SSSR count). The minimum Gasteiger partial charge on any atom is -0.353 e. The van der Waals surface area contributed by atoms with Crippen molar-refractivity contribution in [2.24, 2.45) is 5.92 Å². The molecular formula is C13H21NOS2. The van der Waals surface area contributed by atoms with Crippen LogP contribution in [0.1, 0.15) is 23.6 Å². The van der Waals surface area contributed by atoms with Gasteiger partial charge in [0.25, 0.3) is 0 Å². The zero-order valence-electron chi connectivity index (χ0n) is 10.9. The summed E-state index contributed by atoms with van der Waals surface area (Å²) in [5, 5.41) is 3.08. The quantitative estimate of drug-likeness (QED) is 0.861. The molecule has 0 spiro atoms. The molecule has 0 bridgehead atoms. The summed E-state index contributed by atoms with van der Waals surface area (Å²) in [6, 6.07) is 4.49. The van der Waals surface area contributed by atoms with Gasteiger partial charge in [0.2, 0.25) is 5.91 Å². The molecule has 1 aromatic rings. The third-order valence-corrected chi connectivity index (χ3v) is 4.41. The Morgan fingerprint density at radius 2 is 2.18 bits per heavy atom. The number of amides is 1. The van der Waals surface area contributed by atoms with Crippen LogP contribution in [0, 0.1) is 12.8 Å². The molecule has 2 unspecified atom stereocenters. The van der Waals surface area contributed by atoms with Crippen molar-refractivity contribution in [2.75, 3.05) is 12.0 Å². The van der Waals surface area contributed by atoms with Gasteiger partial charge in [-0.3, -0.25) is 4.79 Å². The lowest BCUT2D eigenvalue weighted by Crippen LogP contribution is -2.38. The Labute approximate surface area is 112 Å². The summed E-state index contributed by atoms with van der Waals surface area (Å²) >= 11 is 3.52. The lowest BCUT2D eigenvalue weighted by Gasteiger charge is -2.16. The molecule has 0 aliphatic carbocycles. The van der Waals surface area contributed by atoms with Crippen LogP contribution in [0.2, 0.25) is 0 Å². The van der Waals surface area contributed by atoms with Crippen LogP contribution in [0.3, 0.4) is 0 Å². The van der Waals surface area contributed by atoms with Gasteiger partial charge in [-0.2, -0.15) is 11.8 Å². The zero-order chi connectivity index (χ0) is 12.8. The molecule has 2 atom stereocenters. The molecule has 0 radical (unpaired) electrons. The SMILES string of the molecule is CSCC(C)C(=O)NC(C)Cc1ccc(C)s1. The number of nitrogens with one attached hydrogen (secondary N) is 1. The third kappa shape index (κ3) is 5.13. The number of hydrogen-bond acceptors (Lipinski definition) is 3. The van der Waals surface area contributed by atoms with E-state index in [4.69, 9.17) is 0 Å². The molecule has 1 amide bonds. The second kappa shape index (κ2) is 7.07. The minimum absolute atomic E-state index is 0.0949. The molecular weight excluding hydrogens is 250 g/mol. The maximum absolute atomic E-state index is 11.8. The van der Waals surface area contributed by atoms with E-state index in [9.17, 15) is 4.79 Å². The van der Waals surface area contributed by atoms with Crippen molar-refractivity contribution in [3.63, 3.8) is 0 Å². The Hall–Kier alpha value is -0.480. The molecule has 0 saturated carbocycles. The van der Waals surface area contributed by atoms with E-state index in [-0.39, 0.29) is 17.9 Å². The van der Waals surface area contributed by atoms with E-state index in [1.165, 1.54) is 9.75 Å². The number of hydrogen-bond donors (Lipinski definition) is 1. The smallest absolute Gasteiger partial charge is 0.223 e. The van der Waals surface area contributed by atoms with E-state index in [1.54, 1.807) is 23.1 Å². The fourth-order valence-corrected chi connectivity index (χ4v) is 3.33. The summed E-state index contributed by atoms with van der Waals surface area (Å²) in [5.74, 6) is 1.15. The lowest BCUT2D eigenvalue weighted by atomic mass is 10.1. The van der Waals surface area contributed by atoms with Crippen molar-refractivity contribution in [1.29, 1.82) is 0 Å². The third-order valence-electron chi connectivity index (χ3n) is 2.56. The topological polar surface area (TPSA) is 29.1 Å². The fourth-order valence-electron chi connectivity index (χ4n) is 1.66. The normalized spacial score (nSPS) is 14.4. The van der Waals surface area contributed by atoms with Crippen molar-refractivity contribution >= 4 is 29.0 Å². The minimum atomic E-state index is 0.0949. The molecule has 0 aliphatic heterocycles. The first-order valence-corrected chi connectivity index (χ1v) is 8.08. The maximum Gasteiger partial charge on any atom is 0.223 e. The summed E-state index contributed by atoms with van der Waals surface area (Å²) in [5.41, 5.74) is 0. The Bertz CT molecular complexity index is 362. The maximum atomic E-state index is 11.8. The van der Waals surface area contributed by atoms with Gasteiger partial charge in [-0.15, -0.1) is 11.3 Å². The number of rotatable bonds is 6. The highest BCUT2D eigenvalue weighted by atomic mass is 32.2. The van der Waals surface area contributed by atoms with Crippen molar-refractivity contribution in [3.8, 4) is 0 Å². The Kier molecular flexibility index (Phi) is 6.06. The number of carbonyl (C=O) groups excluding carboxylic acids is 1. The van der Waals surface area contributed by atoms with Crippen LogP contribution in [0.25, 0.3) is 0 Å². The summed E-state index contributed by atoms with van der Waals surface area (Å²) in [4.78, 5) is 14.5. The second-order valence-electron chi connectivity index (χ2n) is 4.48. The summed E-state index contributed by atoms with van der Waals surface area (Å²) < 4.78 is 0. The van der Waals surface area contributed by atoms with Gasteiger partial charge < -0.3 is 5.32 Å². The monoisotopic (exact) mass is 271 g/mol. The molecule has 2 nitrogen and oxygen atoms in total. The first kappa shape index (κ1) is 14.6. The van der Waals surface area contributed by atoms with Gasteiger partial charge in [0.15, 0.2) is 0 Å². The molecule has 96 valence electrons. The first-order valence-electron chi connectivity index (χ1n) is 5.87. The van der Waals surface area contributed by atoms with Crippen LogP contribution in [-0.4, -0.2) is 24.0 Å². The summed E-state index contributed by atoms with van der Waals surface area (Å²) in [6.07, 6.45) is 2.96. The van der Waals surface area contributed by atoms with Crippen LogP contribution in [-0.2, 0) is 11.2 Å². The van der Waals surface area contributed by atoms with Crippen LogP contribution in [0.5, 0.6) is 0 Å². The van der Waals surface area contributed by atoms with E-state index in [2.05, 4.69) is 31.3 Å². The van der Waals surface area contributed by atoms with Crippen LogP contribution in [0.15, 0.2) is 12.1 Å². The van der Waals surface area contributed by atoms with Crippen LogP contribution < -0.4 is 5.32 Å². The number of carbonyl (C=O) groups is 1. The van der Waals surface area contributed by atoms with Crippen molar-refractivity contribution < 1.29 is 4.79 Å². The molecule has 1 aromatic heterocycles. The van der Waals surface area contributed by atoms with Gasteiger partial charge in [0.05, 0.1) is 0 Å². The lowest BCUT2D eigenvalue weighted by molar-refractivity contribution is -0.124. The molecule has 0 saturated heterocycles. The van der Waals surface area contributed by atoms with Gasteiger partial charge in [0.1, 0.15) is 0 Å². The van der Waals surface area contributed by atoms with Crippen molar-refractivity contribution in [3.05, 3.63) is 21.9 Å². The Balaban J connectivity index is 2.38. The van der Waals surface area contributed by atoms with E-state index >= 15 is 0 Å². The highest BCUT2D eigenvalue weighted by Crippen LogP contribution is 2.16. The average molecular weight is 271 g/mol. The predicted octanol–water partition coefficient (Wildman–Crippen LogP) is 3.10. The summed E-state index contributed by atoms with van der Waals surface area (Å²) in [6.45, 7) is 6.16. The van der Waals surface area contributed by atoms with Gasteiger partial charge in [-0.05, 0) is 32.2 Å². The van der Waals surface area contributed by atoms with E-state index in [0.29, 0.717) is 0 Å². The van der Waals surface area contributed by atoms with Gasteiger partial charge >= 0.3 is 0 Å². The molecule has 0 fully saturated rings. The largest absolute Gasteiger partial charge is 0.353 e. The van der Waals surface area contributed by atoms with Crippen LogP contribution in [0.4, 0.5) is 0 Å². The molecule has 17 heavy (non-hydrogen) atoms. The Morgan fingerprint density at radius 1 is 1.47 bits per heavy atom. The van der Waals surface area contributed by atoms with Gasteiger partial charge in [-0.25, -0.2) is 0 Å². The highest BCUT2D eigenvalue weighted by molar-refractivity contribution is 7.98. The van der Waals surface area contributed by atoms with Gasteiger partial charge in [0, 0.05) is 33.9 Å². The van der Waals surface area contributed by atoms with E-state index < -0.39 is 0 Å². The van der Waals surface area contributed by atoms with Crippen molar-refractivity contribution in [1.82, 2.24) is 5.32 Å². The fraction of sp³-hybridized carbons (Fsp3) is 0.615. The van der Waals surface area contributed by atoms with Crippen molar-refractivity contribution in [2.45, 2.75) is 33.2 Å². The zero-order valence-corrected chi connectivity index (χ0v) is 12.6.